The first-order valence-corrected chi connectivity index (χ1v) is 7.62. The molecule has 3 N–H and O–H groups in total. The fourth-order valence-corrected chi connectivity index (χ4v) is 1.88. The van der Waals surface area contributed by atoms with E-state index in [1.807, 2.05) is 0 Å². The van der Waals surface area contributed by atoms with Crippen LogP contribution >= 0.6 is 0 Å². The average Bonchev–Trinajstić information content (AvgIpc) is 2.48. The van der Waals surface area contributed by atoms with E-state index in [-0.39, 0.29) is 6.42 Å². The van der Waals surface area contributed by atoms with Gasteiger partial charge in [0.25, 0.3) is 0 Å². The van der Waals surface area contributed by atoms with Crippen LogP contribution in [0, 0.1) is 0 Å². The smallest absolute Gasteiger partial charge is 0.330 e. The van der Waals surface area contributed by atoms with Crippen molar-refractivity contribution in [1.82, 2.24) is 5.32 Å². The topological polar surface area (TPSA) is 122 Å². The third kappa shape index (κ3) is 6.93. The summed E-state index contributed by atoms with van der Waals surface area (Å²) >= 11 is 0. The third-order valence-corrected chi connectivity index (χ3v) is 3.33. The zero-order valence-electron chi connectivity index (χ0n) is 13.8. The maximum absolute atomic E-state index is 11.7. The van der Waals surface area contributed by atoms with E-state index in [0.29, 0.717) is 0 Å². The summed E-state index contributed by atoms with van der Waals surface area (Å²) in [6.07, 6.45) is 0.435. The Bertz CT molecular complexity index is 529. The fraction of sp³-hybridized carbons (Fsp3) is 0.562. The van der Waals surface area contributed by atoms with E-state index in [1.54, 1.807) is 6.92 Å². The van der Waals surface area contributed by atoms with Crippen molar-refractivity contribution in [2.24, 2.45) is 0 Å². The van der Waals surface area contributed by atoms with Gasteiger partial charge in [-0.3, -0.25) is 9.59 Å². The fourth-order valence-electron chi connectivity index (χ4n) is 1.88. The van der Waals surface area contributed by atoms with Gasteiger partial charge in [-0.15, -0.1) is 0 Å². The minimum atomic E-state index is -1.18. The second-order valence-electron chi connectivity index (χ2n) is 5.64. The highest BCUT2D eigenvalue weighted by atomic mass is 16.6. The second-order valence-corrected chi connectivity index (χ2v) is 5.64. The van der Waals surface area contributed by atoms with Gasteiger partial charge < -0.3 is 25.0 Å². The van der Waals surface area contributed by atoms with Crippen LogP contribution in [0.2, 0.25) is 0 Å². The molecule has 134 valence electrons. The van der Waals surface area contributed by atoms with Gasteiger partial charge >= 0.3 is 11.9 Å². The normalized spacial score (nSPS) is 36.2. The van der Waals surface area contributed by atoms with Gasteiger partial charge in [-0.25, -0.2) is 4.79 Å². The molecule has 0 aromatic rings. The molecule has 24 heavy (non-hydrogen) atoms. The van der Waals surface area contributed by atoms with E-state index in [9.17, 15) is 24.6 Å². The first-order chi connectivity index (χ1) is 11.2. The first-order valence-electron chi connectivity index (χ1n) is 7.62. The number of ether oxygens (including phenoxy) is 2. The molecule has 1 amide bonds. The number of aliphatic hydroxyl groups excluding tert-OH is 2. The Kier molecular flexibility index (Phi) is 7.60. The Hall–Kier alpha value is -2.19. The van der Waals surface area contributed by atoms with Crippen LogP contribution in [0.1, 0.15) is 27.2 Å². The average molecular weight is 341 g/mol. The molecule has 0 fully saturated rings. The van der Waals surface area contributed by atoms with Crippen LogP contribution in [0.5, 0.6) is 0 Å². The maximum Gasteiger partial charge on any atom is 0.330 e. The van der Waals surface area contributed by atoms with Crippen LogP contribution in [0.3, 0.4) is 0 Å². The van der Waals surface area contributed by atoms with Gasteiger partial charge in [0.1, 0.15) is 18.3 Å². The summed E-state index contributed by atoms with van der Waals surface area (Å²) < 4.78 is 10.0. The molecule has 8 heteroatoms. The molecule has 1 unspecified atom stereocenters. The van der Waals surface area contributed by atoms with Crippen LogP contribution in [-0.4, -0.2) is 58.5 Å². The summed E-state index contributed by atoms with van der Waals surface area (Å²) in [7, 11) is 0. The largest absolute Gasteiger partial charge is 0.459 e. The molecule has 0 aliphatic carbocycles. The molecule has 0 aromatic heterocycles. The Labute approximate surface area is 140 Å². The summed E-state index contributed by atoms with van der Waals surface area (Å²) in [4.78, 5) is 35.0. The van der Waals surface area contributed by atoms with Gasteiger partial charge in [-0.05, 0) is 32.9 Å². The molecular weight excluding hydrogens is 318 g/mol. The number of hydrogen-bond acceptors (Lipinski definition) is 7. The monoisotopic (exact) mass is 341 g/mol. The Morgan fingerprint density at radius 2 is 1.62 bits per heavy atom. The number of rotatable bonds is 0. The van der Waals surface area contributed by atoms with E-state index in [4.69, 9.17) is 9.47 Å². The van der Waals surface area contributed by atoms with E-state index in [2.05, 4.69) is 5.32 Å². The van der Waals surface area contributed by atoms with Crippen molar-refractivity contribution in [2.45, 2.75) is 57.6 Å². The van der Waals surface area contributed by atoms with Crippen LogP contribution in [0.15, 0.2) is 24.3 Å². The van der Waals surface area contributed by atoms with Gasteiger partial charge in [0.2, 0.25) is 5.91 Å². The molecule has 5 atom stereocenters. The molecule has 1 rings (SSSR count). The predicted molar refractivity (Wildman–Crippen MR) is 83.6 cm³/mol. The number of carbonyl (C=O) groups is 3. The lowest BCUT2D eigenvalue weighted by molar-refractivity contribution is -0.157. The van der Waals surface area contributed by atoms with E-state index < -0.39 is 48.3 Å². The lowest BCUT2D eigenvalue weighted by Crippen LogP contribution is -2.39. The zero-order chi connectivity index (χ0) is 18.3. The highest BCUT2D eigenvalue weighted by Gasteiger charge is 2.21. The number of aliphatic hydroxyl groups is 2. The highest BCUT2D eigenvalue weighted by Crippen LogP contribution is 2.07. The lowest BCUT2D eigenvalue weighted by Gasteiger charge is -2.19. The summed E-state index contributed by atoms with van der Waals surface area (Å²) in [5.41, 5.74) is 0. The number of amides is 1. The van der Waals surface area contributed by atoms with Gasteiger partial charge in [-0.2, -0.15) is 0 Å². The van der Waals surface area contributed by atoms with Crippen LogP contribution in [-0.2, 0) is 23.9 Å². The lowest BCUT2D eigenvalue weighted by atomic mass is 10.1. The van der Waals surface area contributed by atoms with Crippen molar-refractivity contribution in [3.63, 3.8) is 0 Å². The van der Waals surface area contributed by atoms with Gasteiger partial charge in [0.05, 0.1) is 18.6 Å². The van der Waals surface area contributed by atoms with E-state index in [0.717, 1.165) is 12.2 Å². The molecular formula is C16H23NO7. The maximum atomic E-state index is 11.7. The summed E-state index contributed by atoms with van der Waals surface area (Å²) in [5, 5.41) is 22.2. The first kappa shape index (κ1) is 19.9. The Morgan fingerprint density at radius 1 is 1.00 bits per heavy atom. The number of nitrogens with one attached hydrogen (secondary N) is 1. The quantitative estimate of drug-likeness (QED) is 0.512. The third-order valence-electron chi connectivity index (χ3n) is 3.33. The molecule has 1 heterocycles. The predicted octanol–water partition coefficient (Wildman–Crippen LogP) is -0.408. The van der Waals surface area contributed by atoms with Crippen molar-refractivity contribution in [3.8, 4) is 0 Å². The molecule has 0 spiro atoms. The Balaban J connectivity index is 2.91. The molecule has 0 saturated heterocycles. The van der Waals surface area contributed by atoms with Crippen LogP contribution in [0.25, 0.3) is 0 Å². The van der Waals surface area contributed by atoms with Gasteiger partial charge in [0.15, 0.2) is 0 Å². The van der Waals surface area contributed by atoms with Gasteiger partial charge in [-0.1, -0.05) is 0 Å². The number of hydrogen-bond donors (Lipinski definition) is 3. The number of cyclic esters (lactones) is 2. The van der Waals surface area contributed by atoms with Crippen molar-refractivity contribution < 1.29 is 34.1 Å². The van der Waals surface area contributed by atoms with Crippen molar-refractivity contribution in [2.75, 3.05) is 0 Å². The zero-order valence-corrected chi connectivity index (χ0v) is 13.8. The summed E-state index contributed by atoms with van der Waals surface area (Å²) in [6, 6.07) is -0.663. The molecule has 8 nitrogen and oxygen atoms in total. The van der Waals surface area contributed by atoms with Crippen LogP contribution in [0.4, 0.5) is 0 Å². The van der Waals surface area contributed by atoms with Crippen molar-refractivity contribution in [1.29, 1.82) is 0 Å². The standard InChI is InChI=1S/C16H23NO7/c1-9-8-16(22)24-11(3)13(19)4-6-14(20)17-10(2)12(18)5-7-15(21)23-9/h4-7,9-13,18-19H,8H2,1-3H3,(H,17,20)/b6-4+,7-5+/t9?,10-,11-,12+,13+/m0/s1. The van der Waals surface area contributed by atoms with Crippen LogP contribution < -0.4 is 5.32 Å². The highest BCUT2D eigenvalue weighted by molar-refractivity contribution is 5.88. The minimum Gasteiger partial charge on any atom is -0.459 e. The summed E-state index contributed by atoms with van der Waals surface area (Å²) in [6.45, 7) is 4.55. The molecule has 1 aliphatic heterocycles. The molecule has 0 radical (unpaired) electrons. The van der Waals surface area contributed by atoms with Crippen molar-refractivity contribution >= 4 is 17.8 Å². The van der Waals surface area contributed by atoms with E-state index in [1.165, 1.54) is 26.0 Å². The second kappa shape index (κ2) is 9.19. The number of esters is 2. The van der Waals surface area contributed by atoms with E-state index >= 15 is 0 Å². The molecule has 0 saturated carbocycles. The van der Waals surface area contributed by atoms with Crippen molar-refractivity contribution in [3.05, 3.63) is 24.3 Å². The number of carbonyl (C=O) groups excluding carboxylic acids is 3. The molecule has 0 aromatic carbocycles. The Morgan fingerprint density at radius 3 is 2.29 bits per heavy atom. The molecule has 1 aliphatic rings. The van der Waals surface area contributed by atoms with Gasteiger partial charge in [0, 0.05) is 12.2 Å². The minimum absolute atomic E-state index is 0.181. The molecule has 0 bridgehead atoms. The SMILES string of the molecule is CC1CC(=O)O[C@@H](C)[C@H](O)/C=C/C(=O)N[C@@H](C)[C@H](O)/C=C/C(=O)O1. The summed E-state index contributed by atoms with van der Waals surface area (Å²) in [5.74, 6) is -1.92.